The normalized spacial score (nSPS) is 43.0. The van der Waals surface area contributed by atoms with Crippen molar-refractivity contribution in [3.05, 3.63) is 23.6 Å². The maximum atomic E-state index is 16.1. The number of hydrogen-bond acceptors (Lipinski definition) is 5. The standard InChI is InChI=1S/C33H48F3NO4/c1-18(5-4-6-25(38)20-9-12-27(34)37-30(20)41-19-7-8-19)21-10-11-22-28-23(13-15-31(21,22)2)32(3)16-14-26(39)29(40)24(32)17-33(28,35)36/h9,12,18-19,21-26,28-29,38-40H,4-8,10-11,13-17H2,1-3H3/t18-,21-,22+,23+,24+,25?,26+,28+,29-,31-,32-/m1/s1. The fraction of sp³-hybridized carbons (Fsp3) is 0.848. The first-order valence-corrected chi connectivity index (χ1v) is 16.1. The summed E-state index contributed by atoms with van der Waals surface area (Å²) < 4.78 is 51.6. The Kier molecular flexibility index (Phi) is 7.71. The lowest BCUT2D eigenvalue weighted by molar-refractivity contribution is -0.258. The lowest BCUT2D eigenvalue weighted by Crippen LogP contribution is -2.64. The molecule has 5 fully saturated rings. The van der Waals surface area contributed by atoms with Crippen LogP contribution in [0, 0.1) is 52.3 Å². The minimum atomic E-state index is -2.84. The zero-order chi connectivity index (χ0) is 29.3. The number of ether oxygens (including phenoxy) is 1. The zero-order valence-electron chi connectivity index (χ0n) is 24.7. The van der Waals surface area contributed by atoms with Crippen LogP contribution in [0.3, 0.4) is 0 Å². The molecule has 5 nitrogen and oxygen atoms in total. The molecule has 6 rings (SSSR count). The van der Waals surface area contributed by atoms with E-state index < -0.39 is 42.0 Å². The van der Waals surface area contributed by atoms with E-state index in [4.69, 9.17) is 4.74 Å². The molecule has 5 saturated carbocycles. The maximum absolute atomic E-state index is 16.1. The first-order valence-electron chi connectivity index (χ1n) is 16.1. The van der Waals surface area contributed by atoms with E-state index >= 15 is 8.78 Å². The van der Waals surface area contributed by atoms with E-state index in [9.17, 15) is 19.7 Å². The smallest absolute Gasteiger partial charge is 0.251 e. The molecule has 0 amide bonds. The molecule has 5 aliphatic carbocycles. The quantitative estimate of drug-likeness (QED) is 0.294. The zero-order valence-corrected chi connectivity index (χ0v) is 24.7. The third-order valence-electron chi connectivity index (χ3n) is 12.6. The van der Waals surface area contributed by atoms with Crippen molar-refractivity contribution in [1.82, 2.24) is 4.98 Å². The Morgan fingerprint density at radius 2 is 1.66 bits per heavy atom. The molecule has 0 aromatic carbocycles. The summed E-state index contributed by atoms with van der Waals surface area (Å²) in [5, 5.41) is 32.0. The minimum absolute atomic E-state index is 0.0384. The lowest BCUT2D eigenvalue weighted by Gasteiger charge is -2.63. The van der Waals surface area contributed by atoms with Crippen LogP contribution in [0.5, 0.6) is 5.88 Å². The van der Waals surface area contributed by atoms with E-state index in [0.717, 1.165) is 51.4 Å². The number of aromatic nitrogens is 1. The van der Waals surface area contributed by atoms with E-state index in [-0.39, 0.29) is 41.1 Å². The summed E-state index contributed by atoms with van der Waals surface area (Å²) in [7, 11) is 0. The third-order valence-corrected chi connectivity index (χ3v) is 12.6. The number of hydrogen-bond donors (Lipinski definition) is 3. The molecular formula is C33H48F3NO4. The van der Waals surface area contributed by atoms with E-state index in [1.165, 1.54) is 6.07 Å². The Bertz CT molecular complexity index is 1120. The van der Waals surface area contributed by atoms with Gasteiger partial charge in [-0.15, -0.1) is 0 Å². The van der Waals surface area contributed by atoms with Gasteiger partial charge < -0.3 is 20.1 Å². The number of rotatable bonds is 8. The van der Waals surface area contributed by atoms with Gasteiger partial charge in [-0.2, -0.15) is 9.37 Å². The molecule has 0 bridgehead atoms. The number of aliphatic hydroxyl groups excluding tert-OH is 3. The van der Waals surface area contributed by atoms with Crippen LogP contribution in [0.25, 0.3) is 0 Å². The monoisotopic (exact) mass is 579 g/mol. The summed E-state index contributed by atoms with van der Waals surface area (Å²) in [5.41, 5.74) is 0.0256. The highest BCUT2D eigenvalue weighted by Crippen LogP contribution is 2.71. The summed E-state index contributed by atoms with van der Waals surface area (Å²) in [6.45, 7) is 6.61. The van der Waals surface area contributed by atoms with Crippen LogP contribution in [0.4, 0.5) is 13.2 Å². The van der Waals surface area contributed by atoms with Crippen LogP contribution in [0.15, 0.2) is 12.1 Å². The molecule has 0 radical (unpaired) electrons. The van der Waals surface area contributed by atoms with Gasteiger partial charge >= 0.3 is 0 Å². The van der Waals surface area contributed by atoms with Gasteiger partial charge in [0.2, 0.25) is 11.8 Å². The van der Waals surface area contributed by atoms with E-state index in [1.807, 2.05) is 0 Å². The largest absolute Gasteiger partial charge is 0.474 e. The minimum Gasteiger partial charge on any atom is -0.474 e. The van der Waals surface area contributed by atoms with Crippen LogP contribution in [-0.4, -0.2) is 44.5 Å². The molecule has 1 unspecified atom stereocenters. The highest BCUT2D eigenvalue weighted by molar-refractivity contribution is 5.29. The molecule has 1 aromatic rings. The van der Waals surface area contributed by atoms with Crippen LogP contribution in [0.1, 0.15) is 109 Å². The van der Waals surface area contributed by atoms with Gasteiger partial charge in [0.05, 0.1) is 18.3 Å². The number of aliphatic hydroxyl groups is 3. The topological polar surface area (TPSA) is 82.8 Å². The van der Waals surface area contributed by atoms with Crippen molar-refractivity contribution in [2.75, 3.05) is 0 Å². The average molecular weight is 580 g/mol. The SMILES string of the molecule is C[C@H](CCCC(O)c1ccc(F)nc1OC1CC1)[C@H]1CC[C@H]2[C@H]3[C@H](CC[C@]12C)[C@@]1(C)CC[C@H](O)[C@H](O)[C@@H]1CC3(F)F. The number of alkyl halides is 2. The van der Waals surface area contributed by atoms with Crippen molar-refractivity contribution in [3.63, 3.8) is 0 Å². The summed E-state index contributed by atoms with van der Waals surface area (Å²) in [6.07, 6.45) is 5.66. The van der Waals surface area contributed by atoms with Gasteiger partial charge in [0.1, 0.15) is 6.10 Å². The number of nitrogens with zero attached hydrogens (tertiary/aromatic N) is 1. The highest BCUT2D eigenvalue weighted by Gasteiger charge is 2.69. The van der Waals surface area contributed by atoms with Crippen molar-refractivity contribution in [1.29, 1.82) is 0 Å². The summed E-state index contributed by atoms with van der Waals surface area (Å²) >= 11 is 0. The van der Waals surface area contributed by atoms with Crippen LogP contribution in [-0.2, 0) is 0 Å². The third kappa shape index (κ3) is 5.12. The molecule has 1 aromatic heterocycles. The van der Waals surface area contributed by atoms with Crippen molar-refractivity contribution in [2.45, 2.75) is 128 Å². The first-order chi connectivity index (χ1) is 19.3. The Morgan fingerprint density at radius 3 is 2.39 bits per heavy atom. The van der Waals surface area contributed by atoms with Gasteiger partial charge in [0.25, 0.3) is 5.92 Å². The molecule has 8 heteroatoms. The average Bonchev–Trinajstić information content (AvgIpc) is 3.66. The molecule has 0 aliphatic heterocycles. The molecule has 0 saturated heterocycles. The number of fused-ring (bicyclic) bond motifs is 5. The van der Waals surface area contributed by atoms with Crippen LogP contribution < -0.4 is 4.74 Å². The van der Waals surface area contributed by atoms with Gasteiger partial charge in [-0.1, -0.05) is 33.6 Å². The van der Waals surface area contributed by atoms with E-state index in [2.05, 4.69) is 25.8 Å². The predicted octanol–water partition coefficient (Wildman–Crippen LogP) is 6.84. The number of pyridine rings is 1. The Labute approximate surface area is 242 Å². The fourth-order valence-electron chi connectivity index (χ4n) is 10.3. The Balaban J connectivity index is 1.11. The van der Waals surface area contributed by atoms with E-state index in [0.29, 0.717) is 36.7 Å². The Hall–Kier alpha value is -1.38. The molecule has 11 atom stereocenters. The van der Waals surface area contributed by atoms with Gasteiger partial charge in [-0.25, -0.2) is 8.78 Å². The summed E-state index contributed by atoms with van der Waals surface area (Å²) in [5.74, 6) is -3.96. The molecular weight excluding hydrogens is 531 g/mol. The number of halogens is 3. The molecule has 41 heavy (non-hydrogen) atoms. The Morgan fingerprint density at radius 1 is 0.951 bits per heavy atom. The van der Waals surface area contributed by atoms with Crippen molar-refractivity contribution >= 4 is 0 Å². The molecule has 1 heterocycles. The molecule has 5 aliphatic rings. The fourth-order valence-corrected chi connectivity index (χ4v) is 10.3. The second-order valence-electron chi connectivity index (χ2n) is 14.9. The van der Waals surface area contributed by atoms with Gasteiger partial charge in [-0.3, -0.25) is 0 Å². The first kappa shape index (κ1) is 29.7. The maximum Gasteiger partial charge on any atom is 0.251 e. The van der Waals surface area contributed by atoms with E-state index in [1.54, 1.807) is 6.07 Å². The second-order valence-corrected chi connectivity index (χ2v) is 14.9. The predicted molar refractivity (Wildman–Crippen MR) is 149 cm³/mol. The van der Waals surface area contributed by atoms with Crippen molar-refractivity contribution in [2.24, 2.45) is 46.3 Å². The van der Waals surface area contributed by atoms with Crippen LogP contribution in [0.2, 0.25) is 0 Å². The summed E-state index contributed by atoms with van der Waals surface area (Å²) in [4.78, 5) is 3.88. The van der Waals surface area contributed by atoms with Crippen molar-refractivity contribution < 1.29 is 33.2 Å². The molecule has 3 N–H and O–H groups in total. The van der Waals surface area contributed by atoms with Gasteiger partial charge in [-0.05, 0) is 110 Å². The lowest BCUT2D eigenvalue weighted by atomic mass is 9.43. The highest BCUT2D eigenvalue weighted by atomic mass is 19.3. The van der Waals surface area contributed by atoms with Crippen molar-refractivity contribution in [3.8, 4) is 5.88 Å². The van der Waals surface area contributed by atoms with Gasteiger partial charge in [0.15, 0.2) is 0 Å². The summed E-state index contributed by atoms with van der Waals surface area (Å²) in [6, 6.07) is 2.83. The molecule has 230 valence electrons. The van der Waals surface area contributed by atoms with Crippen LogP contribution >= 0.6 is 0 Å². The second kappa shape index (κ2) is 10.7. The molecule has 0 spiro atoms. The van der Waals surface area contributed by atoms with Gasteiger partial charge in [0, 0.05) is 17.9 Å².